The van der Waals surface area contributed by atoms with Gasteiger partial charge in [0.05, 0.1) is 39.9 Å². The maximum Gasteiger partial charge on any atom is 0.472 e. The van der Waals surface area contributed by atoms with Crippen molar-refractivity contribution in [2.75, 3.05) is 40.9 Å². The summed E-state index contributed by atoms with van der Waals surface area (Å²) >= 11 is 0. The Morgan fingerprint density at radius 1 is 0.750 bits per heavy atom. The molecule has 0 bridgehead atoms. The fourth-order valence-corrected chi connectivity index (χ4v) is 5.37. The number of quaternary nitrogens is 1. The summed E-state index contributed by atoms with van der Waals surface area (Å²) in [5, 5.41) is 13.5. The van der Waals surface area contributed by atoms with Gasteiger partial charge in [0.2, 0.25) is 5.91 Å². The molecule has 0 aliphatic heterocycles. The second-order valence-corrected chi connectivity index (χ2v) is 14.0. The Bertz CT molecular complexity index is 644. The van der Waals surface area contributed by atoms with E-state index in [1.165, 1.54) is 77.0 Å². The van der Waals surface area contributed by atoms with E-state index in [4.69, 9.17) is 9.05 Å². The van der Waals surface area contributed by atoms with E-state index in [0.717, 1.165) is 38.5 Å². The zero-order valence-electron chi connectivity index (χ0n) is 26.8. The number of nitrogens with zero attached hydrogens (tertiary/aromatic N) is 1. The largest absolute Gasteiger partial charge is 0.472 e. The van der Waals surface area contributed by atoms with Gasteiger partial charge in [-0.05, 0) is 12.8 Å². The number of aliphatic hydroxyl groups is 1. The molecule has 3 unspecified atom stereocenters. The Kier molecular flexibility index (Phi) is 24.7. The van der Waals surface area contributed by atoms with Crippen LogP contribution in [0.3, 0.4) is 0 Å². The van der Waals surface area contributed by atoms with E-state index in [9.17, 15) is 19.4 Å². The van der Waals surface area contributed by atoms with E-state index in [1.807, 2.05) is 21.1 Å². The highest BCUT2D eigenvalue weighted by atomic mass is 31.2. The van der Waals surface area contributed by atoms with Crippen molar-refractivity contribution in [2.24, 2.45) is 0 Å². The zero-order chi connectivity index (χ0) is 30.1. The fraction of sp³-hybridized carbons (Fsp3) is 0.968. The van der Waals surface area contributed by atoms with Crippen LogP contribution in [0.15, 0.2) is 0 Å². The van der Waals surface area contributed by atoms with Crippen molar-refractivity contribution < 1.29 is 32.9 Å². The number of rotatable bonds is 29. The Hall–Kier alpha value is -0.500. The number of phosphoric acid groups is 1. The quantitative estimate of drug-likeness (QED) is 0.0471. The third-order valence-corrected chi connectivity index (χ3v) is 8.34. The van der Waals surface area contributed by atoms with E-state index in [1.54, 1.807) is 0 Å². The average molecular weight is 594 g/mol. The molecule has 0 spiro atoms. The van der Waals surface area contributed by atoms with E-state index in [0.29, 0.717) is 23.9 Å². The molecule has 0 aromatic rings. The number of unbranched alkanes of at least 4 members (excludes halogenated alkanes) is 16. The van der Waals surface area contributed by atoms with Crippen molar-refractivity contribution in [2.45, 2.75) is 154 Å². The van der Waals surface area contributed by atoms with Crippen LogP contribution < -0.4 is 5.32 Å². The highest BCUT2D eigenvalue weighted by molar-refractivity contribution is 7.47. The molecular weight excluding hydrogens is 527 g/mol. The van der Waals surface area contributed by atoms with Crippen LogP contribution in [0.2, 0.25) is 0 Å². The van der Waals surface area contributed by atoms with Crippen LogP contribution in [-0.4, -0.2) is 73.4 Å². The Balaban J connectivity index is 4.18. The monoisotopic (exact) mass is 593 g/mol. The van der Waals surface area contributed by atoms with Gasteiger partial charge in [-0.3, -0.25) is 13.8 Å². The molecule has 3 atom stereocenters. The molecular formula is C31H66N2O6P+. The minimum absolute atomic E-state index is 0.0759. The molecule has 0 saturated heterocycles. The lowest BCUT2D eigenvalue weighted by atomic mass is 10.0. The van der Waals surface area contributed by atoms with Crippen molar-refractivity contribution in [3.63, 3.8) is 0 Å². The summed E-state index contributed by atoms with van der Waals surface area (Å²) in [6.45, 7) is 4.70. The van der Waals surface area contributed by atoms with Crippen LogP contribution in [0.25, 0.3) is 0 Å². The smallest absolute Gasteiger partial charge is 0.391 e. The second kappa shape index (κ2) is 25.0. The molecule has 1 amide bonds. The van der Waals surface area contributed by atoms with Crippen LogP contribution in [-0.2, 0) is 18.4 Å². The van der Waals surface area contributed by atoms with Gasteiger partial charge in [-0.15, -0.1) is 0 Å². The summed E-state index contributed by atoms with van der Waals surface area (Å²) in [4.78, 5) is 22.6. The lowest BCUT2D eigenvalue weighted by molar-refractivity contribution is -0.870. The van der Waals surface area contributed by atoms with Crippen molar-refractivity contribution in [1.29, 1.82) is 0 Å². The topological polar surface area (TPSA) is 105 Å². The van der Waals surface area contributed by atoms with E-state index in [-0.39, 0.29) is 19.1 Å². The summed E-state index contributed by atoms with van der Waals surface area (Å²) in [6.07, 6.45) is 21.9. The molecule has 0 aromatic heterocycles. The highest BCUT2D eigenvalue weighted by Crippen LogP contribution is 2.43. The maximum absolute atomic E-state index is 12.6. The van der Waals surface area contributed by atoms with Crippen LogP contribution in [0, 0.1) is 0 Å². The first-order valence-electron chi connectivity index (χ1n) is 16.4. The summed E-state index contributed by atoms with van der Waals surface area (Å²) in [5.74, 6) is -0.156. The number of hydrogen-bond donors (Lipinski definition) is 3. The number of amides is 1. The number of likely N-dealkylation sites (N-methyl/N-ethyl adjacent to an activating group) is 1. The maximum atomic E-state index is 12.6. The van der Waals surface area contributed by atoms with Gasteiger partial charge in [-0.2, -0.15) is 0 Å². The first kappa shape index (κ1) is 39.5. The number of nitrogens with one attached hydrogen (secondary N) is 1. The molecule has 0 fully saturated rings. The minimum atomic E-state index is -4.27. The number of aliphatic hydroxyl groups excluding tert-OH is 1. The molecule has 0 radical (unpaired) electrons. The molecule has 3 N–H and O–H groups in total. The summed E-state index contributed by atoms with van der Waals surface area (Å²) in [6, 6.07) is -0.747. The van der Waals surface area contributed by atoms with Crippen LogP contribution in [0.4, 0.5) is 0 Å². The Morgan fingerprint density at radius 2 is 1.20 bits per heavy atom. The fourth-order valence-electron chi connectivity index (χ4n) is 4.63. The van der Waals surface area contributed by atoms with Crippen molar-refractivity contribution in [3.05, 3.63) is 0 Å². The van der Waals surface area contributed by atoms with Crippen LogP contribution in [0.1, 0.15) is 142 Å². The van der Waals surface area contributed by atoms with Gasteiger partial charge in [0.15, 0.2) is 0 Å². The predicted octanol–water partition coefficient (Wildman–Crippen LogP) is 7.51. The van der Waals surface area contributed by atoms with Gasteiger partial charge in [0, 0.05) is 6.42 Å². The molecule has 9 heteroatoms. The van der Waals surface area contributed by atoms with E-state index in [2.05, 4.69) is 19.2 Å². The summed E-state index contributed by atoms with van der Waals surface area (Å²) in [5.41, 5.74) is 0. The first-order chi connectivity index (χ1) is 19.0. The number of carbonyl (C=O) groups is 1. The van der Waals surface area contributed by atoms with Crippen molar-refractivity contribution in [1.82, 2.24) is 5.32 Å². The normalized spacial score (nSPS) is 15.1. The van der Waals surface area contributed by atoms with E-state index >= 15 is 0 Å². The summed E-state index contributed by atoms with van der Waals surface area (Å²) < 4.78 is 23.2. The molecule has 0 saturated carbocycles. The van der Waals surface area contributed by atoms with Gasteiger partial charge in [0.1, 0.15) is 13.2 Å². The summed E-state index contributed by atoms with van der Waals surface area (Å²) in [7, 11) is 1.61. The van der Waals surface area contributed by atoms with Crippen LogP contribution >= 0.6 is 7.82 Å². The molecule has 240 valence electrons. The van der Waals surface area contributed by atoms with Gasteiger partial charge in [0.25, 0.3) is 0 Å². The zero-order valence-corrected chi connectivity index (χ0v) is 27.7. The lowest BCUT2D eigenvalue weighted by Crippen LogP contribution is -2.46. The Labute approximate surface area is 247 Å². The number of phosphoric ester groups is 1. The molecule has 0 aliphatic carbocycles. The highest BCUT2D eigenvalue weighted by Gasteiger charge is 2.28. The van der Waals surface area contributed by atoms with Crippen molar-refractivity contribution >= 4 is 13.7 Å². The van der Waals surface area contributed by atoms with Gasteiger partial charge < -0.3 is 19.8 Å². The molecule has 0 aromatic carbocycles. The number of hydrogen-bond acceptors (Lipinski definition) is 5. The standard InChI is InChI=1S/C31H65N2O6P/c1-6-8-10-11-12-13-14-15-16-17-18-19-20-21-23-25-31(35)32-29(30(34)24-22-9-7-2)28-39-40(36,37)38-27-26-33(3,4)5/h29-30,34H,6-28H2,1-5H3,(H-,32,35,36,37)/p+1. The second-order valence-electron chi connectivity index (χ2n) is 12.5. The third kappa shape index (κ3) is 26.4. The molecule has 0 aliphatic rings. The molecule has 0 rings (SSSR count). The van der Waals surface area contributed by atoms with Crippen molar-refractivity contribution in [3.8, 4) is 0 Å². The Morgan fingerprint density at radius 3 is 1.68 bits per heavy atom. The van der Waals surface area contributed by atoms with E-state index < -0.39 is 20.0 Å². The predicted molar refractivity (Wildman–Crippen MR) is 166 cm³/mol. The minimum Gasteiger partial charge on any atom is -0.391 e. The molecule has 8 nitrogen and oxygen atoms in total. The number of carbonyl (C=O) groups excluding carboxylic acids is 1. The van der Waals surface area contributed by atoms with Gasteiger partial charge in [-0.25, -0.2) is 4.57 Å². The van der Waals surface area contributed by atoms with Crippen LogP contribution in [0.5, 0.6) is 0 Å². The SMILES string of the molecule is CCCCCCCCCCCCCCCCCC(=O)NC(COP(=O)(O)OCC[N+](C)(C)C)C(O)CCCCC. The molecule has 40 heavy (non-hydrogen) atoms. The molecule has 0 heterocycles. The van der Waals surface area contributed by atoms with Gasteiger partial charge >= 0.3 is 7.82 Å². The van der Waals surface area contributed by atoms with Gasteiger partial charge in [-0.1, -0.05) is 123 Å². The lowest BCUT2D eigenvalue weighted by Gasteiger charge is -2.26. The third-order valence-electron chi connectivity index (χ3n) is 7.36. The first-order valence-corrected chi connectivity index (χ1v) is 17.9. The average Bonchev–Trinajstić information content (AvgIpc) is 2.88.